The van der Waals surface area contributed by atoms with Gasteiger partial charge in [-0.1, -0.05) is 17.7 Å². The number of carbonyl (C=O) groups is 1. The van der Waals surface area contributed by atoms with Crippen molar-refractivity contribution >= 4 is 16.0 Å². The number of amides is 1. The number of benzene rings is 1. The summed E-state index contributed by atoms with van der Waals surface area (Å²) in [6, 6.07) is 5.21. The molecule has 0 bridgehead atoms. The van der Waals surface area contributed by atoms with Crippen LogP contribution in [0.1, 0.15) is 36.8 Å². The van der Waals surface area contributed by atoms with Gasteiger partial charge in [-0.2, -0.15) is 8.42 Å². The van der Waals surface area contributed by atoms with Crippen LogP contribution < -0.4 is 0 Å². The Morgan fingerprint density at radius 1 is 1.13 bits per heavy atom. The Morgan fingerprint density at radius 3 is 2.26 bits per heavy atom. The Labute approximate surface area is 138 Å². The van der Waals surface area contributed by atoms with Crippen LogP contribution in [0, 0.1) is 19.8 Å². The molecule has 0 N–H and O–H groups in total. The van der Waals surface area contributed by atoms with Crippen LogP contribution in [0.25, 0.3) is 0 Å². The van der Waals surface area contributed by atoms with Crippen LogP contribution >= 0.6 is 0 Å². The van der Waals surface area contributed by atoms with E-state index in [4.69, 9.17) is 4.18 Å². The standard InChI is InChI=1S/C17H25NO4S/c1-12-5-10-16(13(2)11-12)23(20,21)22-15-8-6-14(7-9-15)17(19)18(3)4/h5,10-11,14-15H,6-9H2,1-4H3. The van der Waals surface area contributed by atoms with E-state index in [1.54, 1.807) is 38.1 Å². The molecule has 1 aromatic rings. The van der Waals surface area contributed by atoms with Crippen LogP contribution in [0.15, 0.2) is 23.1 Å². The van der Waals surface area contributed by atoms with Crippen LogP contribution in [0.2, 0.25) is 0 Å². The summed E-state index contributed by atoms with van der Waals surface area (Å²) in [4.78, 5) is 13.8. The Balaban J connectivity index is 2.01. The van der Waals surface area contributed by atoms with Crippen molar-refractivity contribution in [2.75, 3.05) is 14.1 Å². The maximum Gasteiger partial charge on any atom is 0.297 e. The molecule has 1 fully saturated rings. The van der Waals surface area contributed by atoms with E-state index in [-0.39, 0.29) is 22.8 Å². The first-order valence-electron chi connectivity index (χ1n) is 7.92. The lowest BCUT2D eigenvalue weighted by atomic mass is 9.87. The zero-order valence-corrected chi connectivity index (χ0v) is 15.0. The summed E-state index contributed by atoms with van der Waals surface area (Å²) in [5.41, 5.74) is 1.71. The lowest BCUT2D eigenvalue weighted by Crippen LogP contribution is -2.34. The molecule has 128 valence electrons. The highest BCUT2D eigenvalue weighted by Gasteiger charge is 2.31. The third-order valence-electron chi connectivity index (χ3n) is 4.33. The highest BCUT2D eigenvalue weighted by atomic mass is 32.2. The predicted molar refractivity (Wildman–Crippen MR) is 88.6 cm³/mol. The minimum absolute atomic E-state index is 0.0198. The van der Waals surface area contributed by atoms with Gasteiger partial charge >= 0.3 is 0 Å². The molecule has 23 heavy (non-hydrogen) atoms. The maximum atomic E-state index is 12.5. The fourth-order valence-electron chi connectivity index (χ4n) is 3.08. The molecule has 0 spiro atoms. The minimum Gasteiger partial charge on any atom is -0.349 e. The van der Waals surface area contributed by atoms with Gasteiger partial charge in [-0.25, -0.2) is 0 Å². The summed E-state index contributed by atoms with van der Waals surface area (Å²) < 4.78 is 30.3. The zero-order valence-electron chi connectivity index (χ0n) is 14.2. The number of hydrogen-bond acceptors (Lipinski definition) is 4. The second-order valence-corrected chi connectivity index (χ2v) is 8.07. The van der Waals surface area contributed by atoms with Crippen molar-refractivity contribution in [3.8, 4) is 0 Å². The number of rotatable bonds is 4. The van der Waals surface area contributed by atoms with Crippen molar-refractivity contribution in [1.82, 2.24) is 4.90 Å². The Morgan fingerprint density at radius 2 is 1.74 bits per heavy atom. The van der Waals surface area contributed by atoms with E-state index in [0.717, 1.165) is 5.56 Å². The first-order chi connectivity index (χ1) is 10.7. The van der Waals surface area contributed by atoms with Crippen LogP contribution in [0.5, 0.6) is 0 Å². The van der Waals surface area contributed by atoms with Crippen molar-refractivity contribution < 1.29 is 17.4 Å². The minimum atomic E-state index is -3.76. The number of aryl methyl sites for hydroxylation is 2. The molecule has 0 heterocycles. The van der Waals surface area contributed by atoms with Gasteiger partial charge in [0, 0.05) is 20.0 Å². The van der Waals surface area contributed by atoms with E-state index < -0.39 is 10.1 Å². The van der Waals surface area contributed by atoms with Crippen LogP contribution in [-0.4, -0.2) is 39.4 Å². The summed E-state index contributed by atoms with van der Waals surface area (Å²) in [5, 5.41) is 0. The molecule has 6 heteroatoms. The van der Waals surface area contributed by atoms with Crippen molar-refractivity contribution in [3.63, 3.8) is 0 Å². The van der Waals surface area contributed by atoms with Gasteiger partial charge in [-0.05, 0) is 51.2 Å². The smallest absolute Gasteiger partial charge is 0.297 e. The SMILES string of the molecule is Cc1ccc(S(=O)(=O)OC2CCC(C(=O)N(C)C)CC2)c(C)c1. The highest BCUT2D eigenvalue weighted by Crippen LogP contribution is 2.30. The normalized spacial score (nSPS) is 21.9. The number of hydrogen-bond donors (Lipinski definition) is 0. The van der Waals surface area contributed by atoms with Crippen LogP contribution in [-0.2, 0) is 19.1 Å². The van der Waals surface area contributed by atoms with Gasteiger partial charge in [0.05, 0.1) is 11.0 Å². The largest absolute Gasteiger partial charge is 0.349 e. The zero-order chi connectivity index (χ0) is 17.2. The molecule has 0 radical (unpaired) electrons. The fourth-order valence-corrected chi connectivity index (χ4v) is 4.42. The average Bonchev–Trinajstić information content (AvgIpc) is 2.46. The quantitative estimate of drug-likeness (QED) is 0.791. The molecule has 0 saturated heterocycles. The van der Waals surface area contributed by atoms with Crippen molar-refractivity contribution in [1.29, 1.82) is 0 Å². The lowest BCUT2D eigenvalue weighted by molar-refractivity contribution is -0.134. The van der Waals surface area contributed by atoms with E-state index in [9.17, 15) is 13.2 Å². The first kappa shape index (κ1) is 17.9. The van der Waals surface area contributed by atoms with E-state index in [0.29, 0.717) is 31.2 Å². The molecule has 5 nitrogen and oxygen atoms in total. The molecule has 0 unspecified atom stereocenters. The van der Waals surface area contributed by atoms with Gasteiger partial charge in [0.15, 0.2) is 0 Å². The fraction of sp³-hybridized carbons (Fsp3) is 0.588. The second-order valence-electron chi connectivity index (χ2n) is 6.53. The molecular formula is C17H25NO4S. The molecule has 0 atom stereocenters. The Bertz CT molecular complexity index is 674. The number of carbonyl (C=O) groups excluding carboxylic acids is 1. The van der Waals surface area contributed by atoms with Gasteiger partial charge in [-0.15, -0.1) is 0 Å². The van der Waals surface area contributed by atoms with Crippen LogP contribution in [0.4, 0.5) is 0 Å². The first-order valence-corrected chi connectivity index (χ1v) is 9.33. The van der Waals surface area contributed by atoms with Gasteiger partial charge in [0.25, 0.3) is 10.1 Å². The van der Waals surface area contributed by atoms with Crippen molar-refractivity contribution in [2.45, 2.75) is 50.5 Å². The van der Waals surface area contributed by atoms with E-state index in [1.807, 2.05) is 13.0 Å². The molecular weight excluding hydrogens is 314 g/mol. The molecule has 0 aromatic heterocycles. The molecule has 1 amide bonds. The second kappa shape index (κ2) is 7.01. The van der Waals surface area contributed by atoms with Crippen LogP contribution in [0.3, 0.4) is 0 Å². The summed E-state index contributed by atoms with van der Waals surface area (Å²) >= 11 is 0. The monoisotopic (exact) mass is 339 g/mol. The van der Waals surface area contributed by atoms with Gasteiger partial charge in [-0.3, -0.25) is 8.98 Å². The highest BCUT2D eigenvalue weighted by molar-refractivity contribution is 7.86. The molecule has 1 aliphatic carbocycles. The Kier molecular flexibility index (Phi) is 5.47. The summed E-state index contributed by atoms with van der Waals surface area (Å²) in [7, 11) is -0.266. The summed E-state index contributed by atoms with van der Waals surface area (Å²) in [6.07, 6.45) is 2.18. The third-order valence-corrected chi connectivity index (χ3v) is 5.85. The molecule has 1 aliphatic rings. The average molecular weight is 339 g/mol. The van der Waals surface area contributed by atoms with Gasteiger partial charge < -0.3 is 4.90 Å². The number of nitrogens with zero attached hydrogens (tertiary/aromatic N) is 1. The summed E-state index contributed by atoms with van der Waals surface area (Å²) in [5.74, 6) is 0.0920. The predicted octanol–water partition coefficient (Wildman–Crippen LogP) is 2.66. The van der Waals surface area contributed by atoms with E-state index in [2.05, 4.69) is 0 Å². The van der Waals surface area contributed by atoms with Crippen molar-refractivity contribution in [2.24, 2.45) is 5.92 Å². The van der Waals surface area contributed by atoms with Gasteiger partial charge in [0.2, 0.25) is 5.91 Å². The third kappa shape index (κ3) is 4.32. The van der Waals surface area contributed by atoms with Gasteiger partial charge in [0.1, 0.15) is 0 Å². The van der Waals surface area contributed by atoms with Crippen molar-refractivity contribution in [3.05, 3.63) is 29.3 Å². The summed E-state index contributed by atoms with van der Waals surface area (Å²) in [6.45, 7) is 3.70. The van der Waals surface area contributed by atoms with E-state index in [1.165, 1.54) is 0 Å². The molecule has 1 saturated carbocycles. The lowest BCUT2D eigenvalue weighted by Gasteiger charge is -2.29. The molecule has 2 rings (SSSR count). The molecule has 1 aromatic carbocycles. The topological polar surface area (TPSA) is 63.7 Å². The van der Waals surface area contributed by atoms with E-state index >= 15 is 0 Å². The maximum absolute atomic E-state index is 12.5. The molecule has 0 aliphatic heterocycles. The Hall–Kier alpha value is -1.40.